The van der Waals surface area contributed by atoms with Crippen LogP contribution in [0, 0.1) is 21.7 Å². The van der Waals surface area contributed by atoms with Crippen LogP contribution in [0.2, 0.25) is 0 Å². The van der Waals surface area contributed by atoms with E-state index in [9.17, 15) is 18.9 Å². The van der Waals surface area contributed by atoms with Gasteiger partial charge in [-0.2, -0.15) is 0 Å². The Morgan fingerprint density at radius 3 is 2.38 bits per heavy atom. The molecule has 16 heavy (non-hydrogen) atoms. The van der Waals surface area contributed by atoms with Crippen molar-refractivity contribution in [3.63, 3.8) is 0 Å². The number of rotatable bonds is 2. The second-order valence-corrected chi connectivity index (χ2v) is 3.00. The number of nitrogens with zero attached hydrogens (tertiary/aromatic N) is 3. The van der Waals surface area contributed by atoms with Gasteiger partial charge in [-0.3, -0.25) is 0 Å². The van der Waals surface area contributed by atoms with Crippen LogP contribution >= 0.6 is 0 Å². The summed E-state index contributed by atoms with van der Waals surface area (Å²) < 4.78 is 26.8. The summed E-state index contributed by atoms with van der Waals surface area (Å²) in [6, 6.07) is 3.91. The lowest BCUT2D eigenvalue weighted by Crippen LogP contribution is -1.98. The van der Waals surface area contributed by atoms with Crippen LogP contribution in [0.5, 0.6) is 0 Å². The zero-order chi connectivity index (χ0) is 11.7. The van der Waals surface area contributed by atoms with Crippen LogP contribution in [0.4, 0.5) is 14.6 Å². The first kappa shape index (κ1) is 10.2. The summed E-state index contributed by atoms with van der Waals surface area (Å²) in [6.07, 6.45) is 1.26. The van der Waals surface area contributed by atoms with Gasteiger partial charge in [0.2, 0.25) is 0 Å². The number of benzene rings is 1. The average Bonchev–Trinajstić information content (AvgIpc) is 2.64. The molecule has 0 amide bonds. The molecule has 5 nitrogen and oxygen atoms in total. The molecule has 1 aromatic carbocycles. The fourth-order valence-corrected chi connectivity index (χ4v) is 1.23. The van der Waals surface area contributed by atoms with Gasteiger partial charge in [-0.1, -0.05) is 0 Å². The van der Waals surface area contributed by atoms with E-state index in [0.29, 0.717) is 6.07 Å². The Bertz CT molecular complexity index is 533. The Morgan fingerprint density at radius 1 is 1.25 bits per heavy atom. The molecule has 0 fully saturated rings. The van der Waals surface area contributed by atoms with Crippen molar-refractivity contribution in [2.45, 2.75) is 0 Å². The molecular weight excluding hydrogens is 220 g/mol. The van der Waals surface area contributed by atoms with Gasteiger partial charge in [-0.05, 0) is 4.92 Å². The lowest BCUT2D eigenvalue weighted by Gasteiger charge is -1.97. The number of halogens is 2. The number of hydrogen-bond acceptors (Lipinski definition) is 3. The van der Waals surface area contributed by atoms with Crippen molar-refractivity contribution in [3.8, 4) is 5.69 Å². The van der Waals surface area contributed by atoms with Crippen molar-refractivity contribution < 1.29 is 13.7 Å². The van der Waals surface area contributed by atoms with Crippen molar-refractivity contribution >= 4 is 5.82 Å². The Hall–Kier alpha value is -2.31. The quantitative estimate of drug-likeness (QED) is 0.580. The third kappa shape index (κ3) is 1.88. The van der Waals surface area contributed by atoms with E-state index in [1.165, 1.54) is 6.20 Å². The third-order valence-corrected chi connectivity index (χ3v) is 1.87. The molecule has 1 aromatic heterocycles. The predicted octanol–water partition coefficient (Wildman–Crippen LogP) is 2.06. The molecule has 0 bridgehead atoms. The highest BCUT2D eigenvalue weighted by molar-refractivity contribution is 5.33. The summed E-state index contributed by atoms with van der Waals surface area (Å²) in [4.78, 5) is 9.67. The third-order valence-electron chi connectivity index (χ3n) is 1.87. The zero-order valence-corrected chi connectivity index (χ0v) is 7.80. The molecule has 0 N–H and O–H groups in total. The monoisotopic (exact) mass is 225 g/mol. The first-order valence-electron chi connectivity index (χ1n) is 4.23. The van der Waals surface area contributed by atoms with Gasteiger partial charge in [0, 0.05) is 18.2 Å². The van der Waals surface area contributed by atoms with Crippen LogP contribution in [0.25, 0.3) is 5.69 Å². The van der Waals surface area contributed by atoms with Crippen molar-refractivity contribution in [1.82, 2.24) is 9.78 Å². The zero-order valence-electron chi connectivity index (χ0n) is 7.80. The Kier molecular flexibility index (Phi) is 2.35. The van der Waals surface area contributed by atoms with E-state index in [-0.39, 0.29) is 11.5 Å². The molecule has 1 heterocycles. The highest BCUT2D eigenvalue weighted by Gasteiger charge is 2.13. The first-order chi connectivity index (χ1) is 7.56. The molecule has 0 saturated heterocycles. The van der Waals surface area contributed by atoms with E-state index in [2.05, 4.69) is 5.10 Å². The molecule has 82 valence electrons. The molecule has 0 aliphatic carbocycles. The lowest BCUT2D eigenvalue weighted by molar-refractivity contribution is -0.389. The maximum Gasteiger partial charge on any atom is 0.390 e. The molecule has 0 atom stereocenters. The second-order valence-electron chi connectivity index (χ2n) is 3.00. The lowest BCUT2D eigenvalue weighted by atomic mass is 10.3. The van der Waals surface area contributed by atoms with E-state index >= 15 is 0 Å². The van der Waals surface area contributed by atoms with Crippen LogP contribution in [0.3, 0.4) is 0 Å². The van der Waals surface area contributed by atoms with Crippen LogP contribution in [0.1, 0.15) is 0 Å². The van der Waals surface area contributed by atoms with Crippen LogP contribution in [-0.2, 0) is 0 Å². The molecule has 7 heteroatoms. The Balaban J connectivity index is 2.46. The maximum absolute atomic E-state index is 12.9. The van der Waals surface area contributed by atoms with Gasteiger partial charge in [-0.15, -0.1) is 4.68 Å². The summed E-state index contributed by atoms with van der Waals surface area (Å²) in [5.74, 6) is -1.93. The minimum absolute atomic E-state index is 0.0885. The standard InChI is InChI=1S/C9H5F2N3O2/c10-6-3-7(11)5-8(4-6)13-2-1-9(12-13)14(15)16/h1-5H. The molecule has 0 aliphatic heterocycles. The van der Waals surface area contributed by atoms with E-state index < -0.39 is 16.6 Å². The molecule has 0 radical (unpaired) electrons. The van der Waals surface area contributed by atoms with Gasteiger partial charge >= 0.3 is 5.82 Å². The second kappa shape index (κ2) is 3.69. The number of hydrogen-bond donors (Lipinski definition) is 0. The topological polar surface area (TPSA) is 61.0 Å². The summed E-state index contributed by atoms with van der Waals surface area (Å²) >= 11 is 0. The Morgan fingerprint density at radius 2 is 1.88 bits per heavy atom. The Labute approximate surface area is 88.1 Å². The summed E-state index contributed by atoms with van der Waals surface area (Å²) in [6.45, 7) is 0. The van der Waals surface area contributed by atoms with Crippen LogP contribution in [0.15, 0.2) is 30.5 Å². The van der Waals surface area contributed by atoms with Crippen molar-refractivity contribution in [1.29, 1.82) is 0 Å². The minimum Gasteiger partial charge on any atom is -0.358 e. The average molecular weight is 225 g/mol. The molecule has 0 unspecified atom stereocenters. The first-order valence-corrected chi connectivity index (χ1v) is 4.23. The van der Waals surface area contributed by atoms with E-state index in [4.69, 9.17) is 0 Å². The normalized spacial score (nSPS) is 10.4. The van der Waals surface area contributed by atoms with Crippen molar-refractivity contribution in [2.75, 3.05) is 0 Å². The molecule has 0 saturated carbocycles. The fraction of sp³-hybridized carbons (Fsp3) is 0. The highest BCUT2D eigenvalue weighted by atomic mass is 19.1. The van der Waals surface area contributed by atoms with Crippen LogP contribution in [-0.4, -0.2) is 14.7 Å². The molecule has 2 rings (SSSR count). The van der Waals surface area contributed by atoms with Gasteiger partial charge in [-0.25, -0.2) is 8.78 Å². The smallest absolute Gasteiger partial charge is 0.358 e. The fourth-order valence-electron chi connectivity index (χ4n) is 1.23. The van der Waals surface area contributed by atoms with E-state index in [0.717, 1.165) is 22.9 Å². The van der Waals surface area contributed by atoms with Gasteiger partial charge in [0.25, 0.3) is 0 Å². The molecular formula is C9H5F2N3O2. The van der Waals surface area contributed by atoms with Crippen molar-refractivity contribution in [2.24, 2.45) is 0 Å². The van der Waals surface area contributed by atoms with Crippen LogP contribution < -0.4 is 0 Å². The summed E-state index contributed by atoms with van der Waals surface area (Å²) in [5.41, 5.74) is 0.0885. The van der Waals surface area contributed by atoms with E-state index in [1.807, 2.05) is 0 Å². The SMILES string of the molecule is O=[N+]([O-])c1ccn(-c2cc(F)cc(F)c2)n1. The maximum atomic E-state index is 12.9. The molecule has 0 aliphatic rings. The minimum atomic E-state index is -0.770. The van der Waals surface area contributed by atoms with Gasteiger partial charge in [0.15, 0.2) is 0 Å². The number of nitro groups is 1. The summed E-state index contributed by atoms with van der Waals surface area (Å²) in [7, 11) is 0. The highest BCUT2D eigenvalue weighted by Crippen LogP contribution is 2.14. The van der Waals surface area contributed by atoms with Gasteiger partial charge < -0.3 is 10.1 Å². The van der Waals surface area contributed by atoms with Gasteiger partial charge in [0.05, 0.1) is 23.0 Å². The van der Waals surface area contributed by atoms with Crippen molar-refractivity contribution in [3.05, 3.63) is 52.2 Å². The predicted molar refractivity (Wildman–Crippen MR) is 50.1 cm³/mol. The molecule has 2 aromatic rings. The summed E-state index contributed by atoms with van der Waals surface area (Å²) in [5, 5.41) is 13.9. The molecule has 0 spiro atoms. The number of aromatic nitrogens is 2. The van der Waals surface area contributed by atoms with Gasteiger partial charge in [0.1, 0.15) is 11.6 Å². The van der Waals surface area contributed by atoms with E-state index in [1.54, 1.807) is 0 Å². The largest absolute Gasteiger partial charge is 0.390 e.